The fourth-order valence-corrected chi connectivity index (χ4v) is 3.00. The van der Waals surface area contributed by atoms with E-state index in [4.69, 9.17) is 11.6 Å². The fraction of sp³-hybridized carbons (Fsp3) is 0.188. The molecule has 0 saturated carbocycles. The number of imidazole rings is 1. The van der Waals surface area contributed by atoms with E-state index < -0.39 is 0 Å². The van der Waals surface area contributed by atoms with E-state index in [9.17, 15) is 4.39 Å². The largest absolute Gasteiger partial charge is 0.294 e. The van der Waals surface area contributed by atoms with Crippen molar-refractivity contribution in [2.24, 2.45) is 0 Å². The van der Waals surface area contributed by atoms with Crippen LogP contribution in [0.2, 0.25) is 0 Å². The molecule has 1 unspecified atom stereocenters. The average Bonchev–Trinajstić information content (AvgIpc) is 2.83. The van der Waals surface area contributed by atoms with Gasteiger partial charge in [0.05, 0.1) is 16.6 Å². The van der Waals surface area contributed by atoms with Crippen molar-refractivity contribution in [3.63, 3.8) is 0 Å². The molecule has 0 amide bonds. The Hall–Kier alpha value is -1.39. The molecule has 2 aromatic carbocycles. The van der Waals surface area contributed by atoms with Crippen LogP contribution in [0.15, 0.2) is 40.9 Å². The first-order valence-corrected chi connectivity index (χ1v) is 7.80. The van der Waals surface area contributed by atoms with E-state index in [2.05, 4.69) is 20.9 Å². The number of nitrogens with zero attached hydrogens (tertiary/aromatic N) is 2. The molecule has 0 saturated heterocycles. The minimum Gasteiger partial charge on any atom is -0.294 e. The highest BCUT2D eigenvalue weighted by molar-refractivity contribution is 9.10. The van der Waals surface area contributed by atoms with E-state index in [1.54, 1.807) is 6.07 Å². The minimum absolute atomic E-state index is 0.329. The van der Waals surface area contributed by atoms with Gasteiger partial charge in [0.1, 0.15) is 11.3 Å². The van der Waals surface area contributed by atoms with Crippen molar-refractivity contribution in [3.8, 4) is 5.69 Å². The zero-order chi connectivity index (χ0) is 15.1. The lowest BCUT2D eigenvalue weighted by atomic mass is 10.2. The summed E-state index contributed by atoms with van der Waals surface area (Å²) in [5.41, 5.74) is 3.06. The van der Waals surface area contributed by atoms with Crippen LogP contribution in [0.1, 0.15) is 23.7 Å². The maximum absolute atomic E-state index is 14.0. The third kappa shape index (κ3) is 2.36. The Morgan fingerprint density at radius 2 is 1.95 bits per heavy atom. The SMILES string of the molecule is Cc1cccc(-n2c(C(C)Cl)nc3c(F)cccc32)c1Br. The second-order valence-corrected chi connectivity index (χ2v) is 6.38. The summed E-state index contributed by atoms with van der Waals surface area (Å²) >= 11 is 9.86. The van der Waals surface area contributed by atoms with Crippen LogP contribution >= 0.6 is 27.5 Å². The van der Waals surface area contributed by atoms with Gasteiger partial charge in [0.15, 0.2) is 5.82 Å². The summed E-state index contributed by atoms with van der Waals surface area (Å²) in [4.78, 5) is 4.39. The van der Waals surface area contributed by atoms with Gasteiger partial charge in [-0.25, -0.2) is 9.37 Å². The average molecular weight is 368 g/mol. The molecule has 0 fully saturated rings. The molecular formula is C16H13BrClFN2. The van der Waals surface area contributed by atoms with Crippen molar-refractivity contribution in [1.29, 1.82) is 0 Å². The van der Waals surface area contributed by atoms with Crippen molar-refractivity contribution in [2.45, 2.75) is 19.2 Å². The van der Waals surface area contributed by atoms with Crippen LogP contribution in [-0.4, -0.2) is 9.55 Å². The zero-order valence-electron chi connectivity index (χ0n) is 11.6. The second kappa shape index (κ2) is 5.43. The van der Waals surface area contributed by atoms with Crippen LogP contribution in [0.25, 0.3) is 16.7 Å². The monoisotopic (exact) mass is 366 g/mol. The third-order valence-electron chi connectivity index (χ3n) is 3.43. The Labute approximate surface area is 135 Å². The summed E-state index contributed by atoms with van der Waals surface area (Å²) < 4.78 is 16.9. The highest BCUT2D eigenvalue weighted by atomic mass is 79.9. The quantitative estimate of drug-likeness (QED) is 0.544. The van der Waals surface area contributed by atoms with Crippen molar-refractivity contribution >= 4 is 38.6 Å². The molecule has 0 spiro atoms. The molecule has 1 heterocycles. The van der Waals surface area contributed by atoms with Gasteiger partial charge in [0, 0.05) is 4.47 Å². The van der Waals surface area contributed by atoms with E-state index in [0.717, 1.165) is 15.7 Å². The van der Waals surface area contributed by atoms with E-state index in [1.807, 2.05) is 42.7 Å². The molecule has 0 aliphatic heterocycles. The smallest absolute Gasteiger partial charge is 0.151 e. The van der Waals surface area contributed by atoms with Crippen LogP contribution in [0, 0.1) is 12.7 Å². The Bertz CT molecular complexity index is 827. The molecule has 0 radical (unpaired) electrons. The fourth-order valence-electron chi connectivity index (χ4n) is 2.41. The number of hydrogen-bond donors (Lipinski definition) is 0. The lowest BCUT2D eigenvalue weighted by molar-refractivity contribution is 0.637. The second-order valence-electron chi connectivity index (χ2n) is 4.94. The molecule has 0 aliphatic carbocycles. The van der Waals surface area contributed by atoms with Gasteiger partial charge in [-0.1, -0.05) is 18.2 Å². The van der Waals surface area contributed by atoms with Gasteiger partial charge in [-0.15, -0.1) is 11.6 Å². The summed E-state index contributed by atoms with van der Waals surface area (Å²) in [6.45, 7) is 3.85. The standard InChI is InChI=1S/C16H13BrClFN2/c1-9-5-3-7-12(14(9)17)21-13-8-4-6-11(19)15(13)20-16(21)10(2)18/h3-8,10H,1-2H3. The van der Waals surface area contributed by atoms with Crippen LogP contribution in [0.3, 0.4) is 0 Å². The summed E-state index contributed by atoms with van der Waals surface area (Å²) in [5.74, 6) is 0.289. The summed E-state index contributed by atoms with van der Waals surface area (Å²) in [6, 6.07) is 10.9. The number of hydrogen-bond acceptors (Lipinski definition) is 1. The minimum atomic E-state index is -0.339. The molecule has 3 aromatic rings. The summed E-state index contributed by atoms with van der Waals surface area (Å²) in [7, 11) is 0. The van der Waals surface area contributed by atoms with Crippen molar-refractivity contribution in [3.05, 3.63) is 58.1 Å². The van der Waals surface area contributed by atoms with E-state index in [-0.39, 0.29) is 11.2 Å². The topological polar surface area (TPSA) is 17.8 Å². The van der Waals surface area contributed by atoms with Gasteiger partial charge in [0.2, 0.25) is 0 Å². The third-order valence-corrected chi connectivity index (χ3v) is 4.66. The Balaban J connectivity index is 2.43. The number of benzene rings is 2. The number of fused-ring (bicyclic) bond motifs is 1. The molecule has 0 bridgehead atoms. The lowest BCUT2D eigenvalue weighted by Crippen LogP contribution is -2.03. The van der Waals surface area contributed by atoms with Gasteiger partial charge in [-0.05, 0) is 53.5 Å². The van der Waals surface area contributed by atoms with Crippen molar-refractivity contribution in [2.75, 3.05) is 0 Å². The normalized spacial score (nSPS) is 12.8. The Morgan fingerprint density at radius 1 is 1.24 bits per heavy atom. The number of aryl methyl sites for hydroxylation is 1. The summed E-state index contributed by atoms with van der Waals surface area (Å²) in [6.07, 6.45) is 0. The molecular weight excluding hydrogens is 355 g/mol. The molecule has 1 atom stereocenters. The number of halogens is 3. The first-order chi connectivity index (χ1) is 10.0. The van der Waals surface area contributed by atoms with Gasteiger partial charge < -0.3 is 0 Å². The maximum Gasteiger partial charge on any atom is 0.151 e. The molecule has 1 aromatic heterocycles. The van der Waals surface area contributed by atoms with E-state index >= 15 is 0 Å². The molecule has 0 aliphatic rings. The molecule has 3 rings (SSSR count). The van der Waals surface area contributed by atoms with Gasteiger partial charge in [-0.2, -0.15) is 0 Å². The molecule has 5 heteroatoms. The zero-order valence-corrected chi connectivity index (χ0v) is 13.9. The first kappa shape index (κ1) is 14.5. The number of para-hydroxylation sites is 1. The predicted octanol–water partition coefficient (Wildman–Crippen LogP) is 5.54. The van der Waals surface area contributed by atoms with Crippen LogP contribution < -0.4 is 0 Å². The van der Waals surface area contributed by atoms with Crippen molar-refractivity contribution < 1.29 is 4.39 Å². The van der Waals surface area contributed by atoms with E-state index in [1.165, 1.54) is 6.07 Å². The lowest BCUT2D eigenvalue weighted by Gasteiger charge is -2.13. The highest BCUT2D eigenvalue weighted by Crippen LogP contribution is 2.33. The highest BCUT2D eigenvalue weighted by Gasteiger charge is 2.20. The van der Waals surface area contributed by atoms with E-state index in [0.29, 0.717) is 16.9 Å². The van der Waals surface area contributed by atoms with Gasteiger partial charge >= 0.3 is 0 Å². The van der Waals surface area contributed by atoms with Crippen LogP contribution in [0.5, 0.6) is 0 Å². The molecule has 21 heavy (non-hydrogen) atoms. The summed E-state index contributed by atoms with van der Waals surface area (Å²) in [5, 5.41) is -0.329. The Kier molecular flexibility index (Phi) is 3.76. The number of aromatic nitrogens is 2. The molecule has 2 nitrogen and oxygen atoms in total. The number of rotatable bonds is 2. The number of alkyl halides is 1. The maximum atomic E-state index is 14.0. The van der Waals surface area contributed by atoms with Gasteiger partial charge in [-0.3, -0.25) is 4.57 Å². The molecule has 108 valence electrons. The first-order valence-electron chi connectivity index (χ1n) is 6.57. The van der Waals surface area contributed by atoms with Crippen molar-refractivity contribution in [1.82, 2.24) is 9.55 Å². The molecule has 0 N–H and O–H groups in total. The predicted molar refractivity (Wildman–Crippen MR) is 87.7 cm³/mol. The Morgan fingerprint density at radius 3 is 2.67 bits per heavy atom. The van der Waals surface area contributed by atoms with Crippen LogP contribution in [0.4, 0.5) is 4.39 Å². The van der Waals surface area contributed by atoms with Crippen LogP contribution in [-0.2, 0) is 0 Å². The van der Waals surface area contributed by atoms with Gasteiger partial charge in [0.25, 0.3) is 0 Å².